The predicted octanol–water partition coefficient (Wildman–Crippen LogP) is 3.74. The second-order valence-corrected chi connectivity index (χ2v) is 10.1. The molecule has 0 radical (unpaired) electrons. The van der Waals surface area contributed by atoms with Crippen LogP contribution in [0, 0.1) is 17.8 Å². The molecule has 1 aliphatic heterocycles. The second kappa shape index (κ2) is 8.10. The van der Waals surface area contributed by atoms with Gasteiger partial charge >= 0.3 is 0 Å². The molecule has 2 amide bonds. The average molecular weight is 534 g/mol. The Balaban J connectivity index is 1.48. The SMILES string of the molecule is O=C1C=C(Br)C(=O)C2=C1C(c1ccc(CO)o1)C1=CCC3C(=O)N(c4ccccc4)C(=O)C3C1C2. The highest BCUT2D eigenvalue weighted by Gasteiger charge is 2.57. The number of para-hydroxylation sites is 1. The summed E-state index contributed by atoms with van der Waals surface area (Å²) < 4.78 is 6.02. The Morgan fingerprint density at radius 1 is 1.00 bits per heavy atom. The molecule has 0 spiro atoms. The number of amides is 2. The van der Waals surface area contributed by atoms with Crippen LogP contribution in [0.15, 0.2) is 80.2 Å². The second-order valence-electron chi connectivity index (χ2n) is 9.20. The molecule has 0 bridgehead atoms. The number of nitrogens with zero attached hydrogens (tertiary/aromatic N) is 1. The van der Waals surface area contributed by atoms with Gasteiger partial charge in [0.15, 0.2) is 11.6 Å². The number of furan rings is 1. The number of fused-ring (bicyclic) bond motifs is 3. The number of imide groups is 1. The van der Waals surface area contributed by atoms with E-state index in [-0.39, 0.29) is 40.9 Å². The number of carbonyl (C=O) groups is 4. The number of halogens is 1. The van der Waals surface area contributed by atoms with Crippen LogP contribution >= 0.6 is 15.9 Å². The Hall–Kier alpha value is -3.36. The first-order valence-corrected chi connectivity index (χ1v) is 12.2. The van der Waals surface area contributed by atoms with Gasteiger partial charge in [-0.3, -0.25) is 24.1 Å². The summed E-state index contributed by atoms with van der Waals surface area (Å²) >= 11 is 3.21. The number of hydrogen-bond donors (Lipinski definition) is 1. The molecule has 6 rings (SSSR count). The van der Waals surface area contributed by atoms with E-state index >= 15 is 0 Å². The number of anilines is 1. The highest BCUT2D eigenvalue weighted by molar-refractivity contribution is 9.12. The smallest absolute Gasteiger partial charge is 0.238 e. The number of carbonyl (C=O) groups excluding carboxylic acids is 4. The molecule has 8 heteroatoms. The van der Waals surface area contributed by atoms with E-state index < -0.39 is 23.7 Å². The molecule has 2 aromatic rings. The van der Waals surface area contributed by atoms with Crippen LogP contribution in [0.1, 0.15) is 30.3 Å². The molecule has 176 valence electrons. The normalized spacial score (nSPS) is 28.0. The number of Topliss-reactive ketones (excluding diaryl/α,β-unsaturated/α-hetero) is 1. The first-order chi connectivity index (χ1) is 16.9. The summed E-state index contributed by atoms with van der Waals surface area (Å²) in [4.78, 5) is 54.6. The zero-order valence-electron chi connectivity index (χ0n) is 18.4. The molecule has 4 aliphatic rings. The van der Waals surface area contributed by atoms with E-state index in [4.69, 9.17) is 4.42 Å². The topological polar surface area (TPSA) is 105 Å². The fourth-order valence-corrected chi connectivity index (χ4v) is 6.45. The van der Waals surface area contributed by atoms with E-state index in [2.05, 4.69) is 15.9 Å². The van der Waals surface area contributed by atoms with Gasteiger partial charge in [-0.05, 0) is 59.0 Å². The van der Waals surface area contributed by atoms with E-state index in [9.17, 15) is 24.3 Å². The molecular formula is C27H20BrNO6. The molecule has 3 aliphatic carbocycles. The monoisotopic (exact) mass is 533 g/mol. The Bertz CT molecular complexity index is 1400. The minimum absolute atomic E-state index is 0.176. The number of rotatable bonds is 3. The van der Waals surface area contributed by atoms with Crippen LogP contribution < -0.4 is 4.90 Å². The zero-order valence-corrected chi connectivity index (χ0v) is 20.0. The van der Waals surface area contributed by atoms with Gasteiger partial charge in [0.05, 0.1) is 27.9 Å². The van der Waals surface area contributed by atoms with Gasteiger partial charge in [-0.25, -0.2) is 0 Å². The third kappa shape index (κ3) is 3.20. The highest BCUT2D eigenvalue weighted by Crippen LogP contribution is 2.55. The van der Waals surface area contributed by atoms with Crippen molar-refractivity contribution >= 4 is 45.0 Å². The molecule has 2 heterocycles. The Kier molecular flexibility index (Phi) is 5.12. The van der Waals surface area contributed by atoms with Crippen LogP contribution in [-0.2, 0) is 25.8 Å². The summed E-state index contributed by atoms with van der Waals surface area (Å²) in [5.74, 6) is -2.61. The third-order valence-corrected chi connectivity index (χ3v) is 8.06. The molecular weight excluding hydrogens is 514 g/mol. The Morgan fingerprint density at radius 3 is 2.49 bits per heavy atom. The van der Waals surface area contributed by atoms with Gasteiger partial charge in [0, 0.05) is 17.2 Å². The molecule has 1 fully saturated rings. The van der Waals surface area contributed by atoms with Gasteiger partial charge in [0.2, 0.25) is 11.8 Å². The molecule has 0 saturated carbocycles. The summed E-state index contributed by atoms with van der Waals surface area (Å²) in [6.07, 6.45) is 3.77. The van der Waals surface area contributed by atoms with Crippen molar-refractivity contribution in [3.63, 3.8) is 0 Å². The molecule has 4 atom stereocenters. The van der Waals surface area contributed by atoms with Gasteiger partial charge in [-0.15, -0.1) is 0 Å². The third-order valence-electron chi connectivity index (χ3n) is 7.47. The highest BCUT2D eigenvalue weighted by atomic mass is 79.9. The molecule has 7 nitrogen and oxygen atoms in total. The van der Waals surface area contributed by atoms with Crippen LogP contribution in [0.2, 0.25) is 0 Å². The van der Waals surface area contributed by atoms with Gasteiger partial charge < -0.3 is 9.52 Å². The lowest BCUT2D eigenvalue weighted by Crippen LogP contribution is -2.39. The summed E-state index contributed by atoms with van der Waals surface area (Å²) in [6.45, 7) is -0.302. The maximum atomic E-state index is 13.7. The van der Waals surface area contributed by atoms with Crippen LogP contribution in [0.4, 0.5) is 5.69 Å². The number of benzene rings is 1. The summed E-state index contributed by atoms with van der Waals surface area (Å²) in [6, 6.07) is 12.2. The number of aliphatic hydroxyl groups excluding tert-OH is 1. The summed E-state index contributed by atoms with van der Waals surface area (Å²) in [7, 11) is 0. The van der Waals surface area contributed by atoms with Gasteiger partial charge in [0.1, 0.15) is 18.1 Å². The molecule has 1 N–H and O–H groups in total. The predicted molar refractivity (Wildman–Crippen MR) is 128 cm³/mol. The van der Waals surface area contributed by atoms with Crippen molar-refractivity contribution in [2.45, 2.75) is 25.4 Å². The van der Waals surface area contributed by atoms with E-state index in [0.29, 0.717) is 34.8 Å². The average Bonchev–Trinajstić information content (AvgIpc) is 3.44. The van der Waals surface area contributed by atoms with Gasteiger partial charge in [-0.1, -0.05) is 29.8 Å². The van der Waals surface area contributed by atoms with Crippen molar-refractivity contribution < 1.29 is 28.7 Å². The van der Waals surface area contributed by atoms with Crippen molar-refractivity contribution in [3.8, 4) is 0 Å². The van der Waals surface area contributed by atoms with Crippen molar-refractivity contribution in [2.75, 3.05) is 4.90 Å². The van der Waals surface area contributed by atoms with Crippen molar-refractivity contribution in [3.05, 3.63) is 87.3 Å². The van der Waals surface area contributed by atoms with Crippen LogP contribution in [-0.4, -0.2) is 28.5 Å². The lowest BCUT2D eigenvalue weighted by molar-refractivity contribution is -0.123. The fraction of sp³-hybridized carbons (Fsp3) is 0.259. The maximum absolute atomic E-state index is 13.7. The molecule has 1 aromatic heterocycles. The minimum Gasteiger partial charge on any atom is -0.463 e. The van der Waals surface area contributed by atoms with E-state index in [1.807, 2.05) is 12.1 Å². The van der Waals surface area contributed by atoms with Crippen molar-refractivity contribution in [1.29, 1.82) is 0 Å². The van der Waals surface area contributed by atoms with Crippen molar-refractivity contribution in [2.24, 2.45) is 17.8 Å². The van der Waals surface area contributed by atoms with E-state index in [1.165, 1.54) is 11.0 Å². The standard InChI is InChI=1S/C27H20BrNO6/c28-19-11-20(31)23-18(25(19)32)10-17-15(24(23)21-9-6-14(12-30)35-21)7-8-16-22(17)27(34)29(26(16)33)13-4-2-1-3-5-13/h1-7,9,11,16-17,22,24,30H,8,10,12H2. The quantitative estimate of drug-likeness (QED) is 0.366. The Labute approximate surface area is 208 Å². The zero-order chi connectivity index (χ0) is 24.4. The number of hydrogen-bond acceptors (Lipinski definition) is 6. The molecule has 1 aromatic carbocycles. The van der Waals surface area contributed by atoms with Crippen LogP contribution in [0.25, 0.3) is 0 Å². The van der Waals surface area contributed by atoms with Crippen LogP contribution in [0.3, 0.4) is 0 Å². The van der Waals surface area contributed by atoms with E-state index in [0.717, 1.165) is 5.57 Å². The summed E-state index contributed by atoms with van der Waals surface area (Å²) in [5.41, 5.74) is 2.03. The minimum atomic E-state index is -0.660. The Morgan fingerprint density at radius 2 is 1.77 bits per heavy atom. The number of aliphatic hydroxyl groups is 1. The fourth-order valence-electron chi connectivity index (χ4n) is 6.00. The summed E-state index contributed by atoms with van der Waals surface area (Å²) in [5, 5.41) is 9.52. The van der Waals surface area contributed by atoms with Gasteiger partial charge in [-0.2, -0.15) is 0 Å². The first-order valence-electron chi connectivity index (χ1n) is 11.4. The first kappa shape index (κ1) is 22.1. The van der Waals surface area contributed by atoms with Crippen molar-refractivity contribution in [1.82, 2.24) is 0 Å². The molecule has 4 unspecified atom stereocenters. The molecule has 35 heavy (non-hydrogen) atoms. The lowest BCUT2D eigenvalue weighted by atomic mass is 9.60. The van der Waals surface area contributed by atoms with Crippen LogP contribution in [0.5, 0.6) is 0 Å². The maximum Gasteiger partial charge on any atom is 0.238 e. The largest absolute Gasteiger partial charge is 0.463 e. The van der Waals surface area contributed by atoms with E-state index in [1.54, 1.807) is 36.4 Å². The van der Waals surface area contributed by atoms with Gasteiger partial charge in [0.25, 0.3) is 0 Å². The number of ketones is 2. The lowest BCUT2D eigenvalue weighted by Gasteiger charge is -2.41. The number of allylic oxidation sites excluding steroid dienone is 6. The molecule has 1 saturated heterocycles.